The molecule has 2 fully saturated rings. The highest BCUT2D eigenvalue weighted by molar-refractivity contribution is 5.76. The number of hydrogen-bond donors (Lipinski definition) is 2. The summed E-state index contributed by atoms with van der Waals surface area (Å²) in [4.78, 5) is 11.8. The summed E-state index contributed by atoms with van der Waals surface area (Å²) in [6.07, 6.45) is 4.71. The number of carbonyl (C=O) groups excluding carboxylic acids is 1. The summed E-state index contributed by atoms with van der Waals surface area (Å²) in [7, 11) is 0. The number of aliphatic hydroxyl groups is 1. The third kappa shape index (κ3) is 2.74. The monoisotopic (exact) mass is 227 g/mol. The summed E-state index contributed by atoms with van der Waals surface area (Å²) < 4.78 is 5.52. The minimum atomic E-state index is -0.402. The van der Waals surface area contributed by atoms with Gasteiger partial charge in [-0.3, -0.25) is 4.79 Å². The molecule has 2 aliphatic rings. The summed E-state index contributed by atoms with van der Waals surface area (Å²) in [6.45, 7) is 2.65. The highest BCUT2D eigenvalue weighted by atomic mass is 16.5. The summed E-state index contributed by atoms with van der Waals surface area (Å²) in [5.74, 6) is 0.291. The Morgan fingerprint density at radius 1 is 1.38 bits per heavy atom. The highest BCUT2D eigenvalue weighted by Gasteiger charge is 2.32. The van der Waals surface area contributed by atoms with E-state index in [0.717, 1.165) is 19.3 Å². The third-order valence-corrected chi connectivity index (χ3v) is 3.69. The molecule has 2 N–H and O–H groups in total. The van der Waals surface area contributed by atoms with Crippen LogP contribution in [-0.4, -0.2) is 35.9 Å². The predicted octanol–water partition coefficient (Wildman–Crippen LogP) is 0.831. The molecule has 1 aliphatic carbocycles. The van der Waals surface area contributed by atoms with Crippen molar-refractivity contribution in [1.29, 1.82) is 0 Å². The standard InChI is InChI=1S/C12H21NO3/c1-8-4-2-3-5-11(8)16-12(15)10-6-9(14)7-13-10/h8-11,13-14H,2-7H2,1H3/t8?,9-,10-,11?/m0/s1. The van der Waals surface area contributed by atoms with Gasteiger partial charge in [-0.25, -0.2) is 0 Å². The largest absolute Gasteiger partial charge is 0.461 e. The number of hydrogen-bond acceptors (Lipinski definition) is 4. The van der Waals surface area contributed by atoms with Crippen molar-refractivity contribution in [3.63, 3.8) is 0 Å². The average Bonchev–Trinajstić information content (AvgIpc) is 2.68. The first kappa shape index (κ1) is 11.9. The maximum atomic E-state index is 11.8. The van der Waals surface area contributed by atoms with Crippen LogP contribution in [0, 0.1) is 5.92 Å². The van der Waals surface area contributed by atoms with Gasteiger partial charge in [0, 0.05) is 13.0 Å². The fraction of sp³-hybridized carbons (Fsp3) is 0.917. The molecular weight excluding hydrogens is 206 g/mol. The Bertz CT molecular complexity index is 257. The van der Waals surface area contributed by atoms with Crippen LogP contribution in [0.25, 0.3) is 0 Å². The van der Waals surface area contributed by atoms with Gasteiger partial charge >= 0.3 is 5.97 Å². The zero-order valence-corrected chi connectivity index (χ0v) is 9.82. The van der Waals surface area contributed by atoms with Gasteiger partial charge in [0.25, 0.3) is 0 Å². The number of carbonyl (C=O) groups is 1. The van der Waals surface area contributed by atoms with E-state index in [2.05, 4.69) is 12.2 Å². The van der Waals surface area contributed by atoms with Crippen LogP contribution in [0.2, 0.25) is 0 Å². The fourth-order valence-electron chi connectivity index (χ4n) is 2.59. The van der Waals surface area contributed by atoms with Crippen molar-refractivity contribution in [3.8, 4) is 0 Å². The minimum Gasteiger partial charge on any atom is -0.461 e. The molecular formula is C12H21NO3. The van der Waals surface area contributed by atoms with Crippen molar-refractivity contribution >= 4 is 5.97 Å². The molecule has 0 spiro atoms. The van der Waals surface area contributed by atoms with Crippen molar-refractivity contribution in [2.24, 2.45) is 5.92 Å². The maximum Gasteiger partial charge on any atom is 0.323 e. The van der Waals surface area contributed by atoms with E-state index in [4.69, 9.17) is 4.74 Å². The highest BCUT2D eigenvalue weighted by Crippen LogP contribution is 2.27. The number of β-amino-alcohol motifs (C(OH)–C–C–N with tert-alkyl or cyclic N) is 1. The van der Waals surface area contributed by atoms with E-state index in [1.54, 1.807) is 0 Å². The molecule has 4 atom stereocenters. The van der Waals surface area contributed by atoms with Gasteiger partial charge in [-0.1, -0.05) is 13.3 Å². The lowest BCUT2D eigenvalue weighted by atomic mass is 9.88. The lowest BCUT2D eigenvalue weighted by Crippen LogP contribution is -2.37. The smallest absolute Gasteiger partial charge is 0.323 e. The molecule has 0 radical (unpaired) electrons. The molecule has 0 bridgehead atoms. The van der Waals surface area contributed by atoms with E-state index >= 15 is 0 Å². The van der Waals surface area contributed by atoms with Crippen LogP contribution in [-0.2, 0) is 9.53 Å². The summed E-state index contributed by atoms with van der Waals surface area (Å²) in [6, 6.07) is -0.302. The molecule has 1 heterocycles. The number of rotatable bonds is 2. The van der Waals surface area contributed by atoms with Gasteiger partial charge in [-0.15, -0.1) is 0 Å². The molecule has 92 valence electrons. The third-order valence-electron chi connectivity index (χ3n) is 3.69. The summed E-state index contributed by atoms with van der Waals surface area (Å²) >= 11 is 0. The molecule has 4 heteroatoms. The number of ether oxygens (including phenoxy) is 1. The van der Waals surface area contributed by atoms with Gasteiger partial charge in [0.15, 0.2) is 0 Å². The van der Waals surface area contributed by atoms with Crippen LogP contribution >= 0.6 is 0 Å². The molecule has 1 saturated heterocycles. The molecule has 0 amide bonds. The van der Waals surface area contributed by atoms with Crippen molar-refractivity contribution in [3.05, 3.63) is 0 Å². The lowest BCUT2D eigenvalue weighted by Gasteiger charge is -2.29. The van der Waals surface area contributed by atoms with Crippen molar-refractivity contribution in [2.75, 3.05) is 6.54 Å². The van der Waals surface area contributed by atoms with Crippen molar-refractivity contribution < 1.29 is 14.6 Å². The molecule has 0 aromatic carbocycles. The Labute approximate surface area is 96.4 Å². The average molecular weight is 227 g/mol. The van der Waals surface area contributed by atoms with Crippen LogP contribution in [0.4, 0.5) is 0 Å². The molecule has 0 aromatic rings. The second kappa shape index (κ2) is 5.15. The molecule has 0 aromatic heterocycles. The zero-order chi connectivity index (χ0) is 11.5. The molecule has 2 unspecified atom stereocenters. The van der Waals surface area contributed by atoms with E-state index in [1.807, 2.05) is 0 Å². The number of esters is 1. The van der Waals surface area contributed by atoms with Gasteiger partial charge in [-0.2, -0.15) is 0 Å². The Kier molecular flexibility index (Phi) is 3.82. The Morgan fingerprint density at radius 3 is 2.75 bits per heavy atom. The number of aliphatic hydroxyl groups excluding tert-OH is 1. The van der Waals surface area contributed by atoms with Gasteiger partial charge in [0.05, 0.1) is 6.10 Å². The van der Waals surface area contributed by atoms with Gasteiger partial charge in [0.1, 0.15) is 12.1 Å². The van der Waals surface area contributed by atoms with Gasteiger partial charge < -0.3 is 15.2 Å². The van der Waals surface area contributed by atoms with E-state index in [9.17, 15) is 9.90 Å². The Balaban J connectivity index is 1.82. The van der Waals surface area contributed by atoms with E-state index in [0.29, 0.717) is 18.9 Å². The second-order valence-electron chi connectivity index (χ2n) is 5.09. The molecule has 1 aliphatic heterocycles. The van der Waals surface area contributed by atoms with Crippen LogP contribution in [0.5, 0.6) is 0 Å². The van der Waals surface area contributed by atoms with Crippen LogP contribution in [0.15, 0.2) is 0 Å². The molecule has 1 saturated carbocycles. The molecule has 4 nitrogen and oxygen atoms in total. The predicted molar refractivity (Wildman–Crippen MR) is 59.9 cm³/mol. The lowest BCUT2D eigenvalue weighted by molar-refractivity contribution is -0.155. The second-order valence-corrected chi connectivity index (χ2v) is 5.09. The minimum absolute atomic E-state index is 0.0841. The first-order valence-electron chi connectivity index (χ1n) is 6.28. The quantitative estimate of drug-likeness (QED) is 0.686. The SMILES string of the molecule is CC1CCCCC1OC(=O)[C@@H]1C[C@H](O)CN1. The van der Waals surface area contributed by atoms with Crippen LogP contribution in [0.1, 0.15) is 39.0 Å². The summed E-state index contributed by atoms with van der Waals surface area (Å²) in [5.41, 5.74) is 0. The van der Waals surface area contributed by atoms with Gasteiger partial charge in [0.2, 0.25) is 0 Å². The molecule has 16 heavy (non-hydrogen) atoms. The first-order valence-corrected chi connectivity index (χ1v) is 6.28. The van der Waals surface area contributed by atoms with Crippen molar-refractivity contribution in [2.45, 2.75) is 57.3 Å². The topological polar surface area (TPSA) is 58.6 Å². The Hall–Kier alpha value is -0.610. The Morgan fingerprint density at radius 2 is 2.12 bits per heavy atom. The van der Waals surface area contributed by atoms with E-state index in [-0.39, 0.29) is 18.1 Å². The number of nitrogens with one attached hydrogen (secondary N) is 1. The summed E-state index contributed by atoms with van der Waals surface area (Å²) in [5, 5.41) is 12.3. The van der Waals surface area contributed by atoms with E-state index < -0.39 is 6.10 Å². The van der Waals surface area contributed by atoms with Gasteiger partial charge in [-0.05, 0) is 25.2 Å². The first-order chi connectivity index (χ1) is 7.66. The maximum absolute atomic E-state index is 11.8. The molecule has 2 rings (SSSR count). The normalized spacial score (nSPS) is 39.6. The zero-order valence-electron chi connectivity index (χ0n) is 9.82. The van der Waals surface area contributed by atoms with E-state index in [1.165, 1.54) is 6.42 Å². The van der Waals surface area contributed by atoms with Crippen LogP contribution in [0.3, 0.4) is 0 Å². The van der Waals surface area contributed by atoms with Crippen molar-refractivity contribution in [1.82, 2.24) is 5.32 Å². The fourth-order valence-corrected chi connectivity index (χ4v) is 2.59. The van der Waals surface area contributed by atoms with Crippen LogP contribution < -0.4 is 5.32 Å².